The molecule has 0 aliphatic heterocycles. The third-order valence-corrected chi connectivity index (χ3v) is 3.18. The van der Waals surface area contributed by atoms with Crippen molar-refractivity contribution in [3.8, 4) is 6.07 Å². The molecule has 5 nitrogen and oxygen atoms in total. The molecule has 0 saturated carbocycles. The van der Waals surface area contributed by atoms with Crippen molar-refractivity contribution in [1.29, 1.82) is 5.26 Å². The zero-order valence-electron chi connectivity index (χ0n) is 13.8. The Bertz CT molecular complexity index is 668. The Kier molecular flexibility index (Phi) is 7.28. The van der Waals surface area contributed by atoms with Crippen LogP contribution in [-0.2, 0) is 4.79 Å². The molecule has 0 bridgehead atoms. The number of rotatable bonds is 6. The number of anilines is 2. The normalized spacial score (nSPS) is 13.0. The molecule has 0 aromatic heterocycles. The number of amidine groups is 1. The van der Waals surface area contributed by atoms with Crippen molar-refractivity contribution in [2.24, 2.45) is 4.99 Å². The first-order chi connectivity index (χ1) is 11.0. The maximum atomic E-state index is 11.4. The van der Waals surface area contributed by atoms with Crippen LogP contribution < -0.4 is 10.6 Å². The van der Waals surface area contributed by atoms with E-state index in [1.54, 1.807) is 25.1 Å². The summed E-state index contributed by atoms with van der Waals surface area (Å²) in [6.45, 7) is 9.26. The van der Waals surface area contributed by atoms with Crippen LogP contribution in [-0.4, -0.2) is 17.8 Å². The van der Waals surface area contributed by atoms with E-state index < -0.39 is 0 Å². The molecular weight excluding hydrogens is 288 g/mol. The van der Waals surface area contributed by atoms with E-state index in [4.69, 9.17) is 0 Å². The highest BCUT2D eigenvalue weighted by Crippen LogP contribution is 2.17. The number of aliphatic imine (C=N–C) groups is 1. The summed E-state index contributed by atoms with van der Waals surface area (Å²) in [5.41, 5.74) is 1.86. The molecule has 5 heteroatoms. The van der Waals surface area contributed by atoms with Crippen LogP contribution in [0.1, 0.15) is 27.2 Å². The number of allylic oxidation sites excluding steroid dienone is 1. The third-order valence-electron chi connectivity index (χ3n) is 3.18. The number of benzene rings is 1. The summed E-state index contributed by atoms with van der Waals surface area (Å²) in [5, 5.41) is 15.1. The molecule has 23 heavy (non-hydrogen) atoms. The van der Waals surface area contributed by atoms with Crippen molar-refractivity contribution in [1.82, 2.24) is 0 Å². The Morgan fingerprint density at radius 2 is 2.09 bits per heavy atom. The van der Waals surface area contributed by atoms with Crippen LogP contribution in [0.15, 0.2) is 53.6 Å². The number of nitrogens with one attached hydrogen (secondary N) is 2. The Morgan fingerprint density at radius 3 is 2.61 bits per heavy atom. The molecule has 0 radical (unpaired) electrons. The van der Waals surface area contributed by atoms with E-state index in [2.05, 4.69) is 28.3 Å². The molecule has 1 unspecified atom stereocenters. The van der Waals surface area contributed by atoms with Crippen molar-refractivity contribution in [2.75, 3.05) is 10.6 Å². The van der Waals surface area contributed by atoms with Gasteiger partial charge in [-0.15, -0.1) is 0 Å². The fourth-order valence-corrected chi connectivity index (χ4v) is 1.74. The van der Waals surface area contributed by atoms with Crippen LogP contribution in [0.25, 0.3) is 0 Å². The molecule has 120 valence electrons. The SMILES string of the molecule is C=CC(=O)Nc1cccc(NC(=NC(C)CC)C(C#N)=CC)c1. The summed E-state index contributed by atoms with van der Waals surface area (Å²) in [5.74, 6) is 0.248. The van der Waals surface area contributed by atoms with Gasteiger partial charge < -0.3 is 10.6 Å². The molecule has 1 aromatic carbocycles. The number of hydrogen-bond donors (Lipinski definition) is 2. The van der Waals surface area contributed by atoms with Gasteiger partial charge >= 0.3 is 0 Å². The minimum absolute atomic E-state index is 0.101. The van der Waals surface area contributed by atoms with Crippen LogP contribution in [0.3, 0.4) is 0 Å². The fourth-order valence-electron chi connectivity index (χ4n) is 1.74. The lowest BCUT2D eigenvalue weighted by Crippen LogP contribution is -2.17. The maximum absolute atomic E-state index is 11.4. The van der Waals surface area contributed by atoms with Gasteiger partial charge in [0.1, 0.15) is 11.9 Å². The van der Waals surface area contributed by atoms with Crippen molar-refractivity contribution >= 4 is 23.1 Å². The van der Waals surface area contributed by atoms with E-state index in [1.807, 2.05) is 26.0 Å². The maximum Gasteiger partial charge on any atom is 0.247 e. The Labute approximate surface area is 137 Å². The van der Waals surface area contributed by atoms with Crippen molar-refractivity contribution < 1.29 is 4.79 Å². The van der Waals surface area contributed by atoms with E-state index in [0.717, 1.165) is 12.1 Å². The first-order valence-electron chi connectivity index (χ1n) is 7.49. The van der Waals surface area contributed by atoms with Crippen LogP contribution in [0.2, 0.25) is 0 Å². The molecule has 2 N–H and O–H groups in total. The second-order valence-corrected chi connectivity index (χ2v) is 4.95. The van der Waals surface area contributed by atoms with Gasteiger partial charge in [0.05, 0.1) is 5.57 Å². The predicted octanol–water partition coefficient (Wildman–Crippen LogP) is 3.89. The van der Waals surface area contributed by atoms with E-state index in [1.165, 1.54) is 6.08 Å². The molecule has 1 amide bonds. The van der Waals surface area contributed by atoms with Crippen molar-refractivity contribution in [2.45, 2.75) is 33.2 Å². The average Bonchev–Trinajstić information content (AvgIpc) is 2.55. The summed E-state index contributed by atoms with van der Waals surface area (Å²) in [4.78, 5) is 15.9. The topological polar surface area (TPSA) is 77.3 Å². The van der Waals surface area contributed by atoms with Gasteiger partial charge in [0.2, 0.25) is 5.91 Å². The monoisotopic (exact) mass is 310 g/mol. The largest absolute Gasteiger partial charge is 0.339 e. The van der Waals surface area contributed by atoms with Gasteiger partial charge in [-0.05, 0) is 44.5 Å². The summed E-state index contributed by atoms with van der Waals surface area (Å²) in [7, 11) is 0. The zero-order valence-corrected chi connectivity index (χ0v) is 13.8. The summed E-state index contributed by atoms with van der Waals surface area (Å²) in [6, 6.07) is 9.45. The number of carbonyl (C=O) groups is 1. The lowest BCUT2D eigenvalue weighted by molar-refractivity contribution is -0.111. The van der Waals surface area contributed by atoms with Gasteiger partial charge in [-0.1, -0.05) is 25.6 Å². The first kappa shape index (κ1) is 18.2. The standard InChI is InChI=1S/C18H22N4O/c1-5-13(4)20-18(14(6-2)12-19)22-16-10-8-9-15(11-16)21-17(23)7-3/h6-11,13H,3,5H2,1-2,4H3,(H,20,22)(H,21,23). The highest BCUT2D eigenvalue weighted by Gasteiger charge is 2.09. The lowest BCUT2D eigenvalue weighted by Gasteiger charge is -2.13. The summed E-state index contributed by atoms with van der Waals surface area (Å²) >= 11 is 0. The number of nitriles is 1. The highest BCUT2D eigenvalue weighted by atomic mass is 16.1. The number of amides is 1. The predicted molar refractivity (Wildman–Crippen MR) is 95.4 cm³/mol. The highest BCUT2D eigenvalue weighted by molar-refractivity contribution is 6.11. The third kappa shape index (κ3) is 5.79. The Balaban J connectivity index is 3.07. The molecule has 1 atom stereocenters. The molecule has 0 heterocycles. The van der Waals surface area contributed by atoms with Crippen LogP contribution in [0.4, 0.5) is 11.4 Å². The molecule has 0 fully saturated rings. The van der Waals surface area contributed by atoms with Crippen molar-refractivity contribution in [3.05, 3.63) is 48.6 Å². The van der Waals surface area contributed by atoms with Gasteiger partial charge in [-0.2, -0.15) is 5.26 Å². The average molecular weight is 310 g/mol. The molecular formula is C18H22N4O. The molecule has 0 aliphatic rings. The zero-order chi connectivity index (χ0) is 17.2. The molecule has 0 spiro atoms. The number of hydrogen-bond acceptors (Lipinski definition) is 3. The van der Waals surface area contributed by atoms with Crippen LogP contribution in [0, 0.1) is 11.3 Å². The van der Waals surface area contributed by atoms with Crippen LogP contribution >= 0.6 is 0 Å². The molecule has 1 rings (SSSR count). The van der Waals surface area contributed by atoms with E-state index in [0.29, 0.717) is 17.1 Å². The molecule has 0 aliphatic carbocycles. The summed E-state index contributed by atoms with van der Waals surface area (Å²) in [6.07, 6.45) is 3.81. The Morgan fingerprint density at radius 1 is 1.43 bits per heavy atom. The fraction of sp³-hybridized carbons (Fsp3) is 0.278. The second kappa shape index (κ2) is 9.21. The van der Waals surface area contributed by atoms with Gasteiger partial charge in [0.15, 0.2) is 0 Å². The minimum Gasteiger partial charge on any atom is -0.339 e. The molecule has 1 aromatic rings. The van der Waals surface area contributed by atoms with Gasteiger partial charge in [-0.25, -0.2) is 0 Å². The first-order valence-corrected chi connectivity index (χ1v) is 7.49. The number of carbonyl (C=O) groups excluding carboxylic acids is 1. The van der Waals surface area contributed by atoms with E-state index >= 15 is 0 Å². The van der Waals surface area contributed by atoms with Crippen molar-refractivity contribution in [3.63, 3.8) is 0 Å². The van der Waals surface area contributed by atoms with Gasteiger partial charge in [0, 0.05) is 17.4 Å². The minimum atomic E-state index is -0.276. The lowest BCUT2D eigenvalue weighted by atomic mass is 10.2. The number of nitrogens with zero attached hydrogens (tertiary/aromatic N) is 2. The Hall–Kier alpha value is -2.87. The molecule has 0 saturated heterocycles. The quantitative estimate of drug-likeness (QED) is 0.362. The summed E-state index contributed by atoms with van der Waals surface area (Å²) < 4.78 is 0. The van der Waals surface area contributed by atoms with Gasteiger partial charge in [0.25, 0.3) is 0 Å². The second-order valence-electron chi connectivity index (χ2n) is 4.95. The van der Waals surface area contributed by atoms with Gasteiger partial charge in [-0.3, -0.25) is 9.79 Å². The van der Waals surface area contributed by atoms with E-state index in [9.17, 15) is 10.1 Å². The smallest absolute Gasteiger partial charge is 0.247 e. The van der Waals surface area contributed by atoms with E-state index in [-0.39, 0.29) is 11.9 Å². The van der Waals surface area contributed by atoms with Crippen LogP contribution in [0.5, 0.6) is 0 Å².